The highest BCUT2D eigenvalue weighted by molar-refractivity contribution is 6.00. The van der Waals surface area contributed by atoms with Crippen LogP contribution in [-0.2, 0) is 9.59 Å². The molecule has 30 heavy (non-hydrogen) atoms. The molecule has 0 bridgehead atoms. The Morgan fingerprint density at radius 1 is 0.733 bits per heavy atom. The number of pyridine rings is 2. The lowest BCUT2D eigenvalue weighted by Crippen LogP contribution is -2.28. The Kier molecular flexibility index (Phi) is 7.94. The monoisotopic (exact) mass is 410 g/mol. The number of aromatic nitrogens is 2. The second-order valence-electron chi connectivity index (χ2n) is 5.76. The van der Waals surface area contributed by atoms with Crippen molar-refractivity contribution in [1.29, 1.82) is 0 Å². The molecular formula is C20H18N4O6. The lowest BCUT2D eigenvalue weighted by molar-refractivity contribution is -0.134. The van der Waals surface area contributed by atoms with Crippen molar-refractivity contribution in [2.45, 2.75) is 12.8 Å². The average Bonchev–Trinajstić information content (AvgIpc) is 2.75. The maximum Gasteiger partial charge on any atom is 0.352 e. The van der Waals surface area contributed by atoms with Gasteiger partial charge in [-0.2, -0.15) is 0 Å². The van der Waals surface area contributed by atoms with Crippen LogP contribution in [-0.4, -0.2) is 43.9 Å². The zero-order chi connectivity index (χ0) is 21.9. The maximum absolute atomic E-state index is 12.0. The normalized spacial score (nSPS) is 11.5. The highest BCUT2D eigenvalue weighted by Gasteiger charge is 2.15. The second-order valence-corrected chi connectivity index (χ2v) is 5.76. The third-order valence-electron chi connectivity index (χ3n) is 3.62. The Balaban J connectivity index is 2.00. The molecule has 2 heterocycles. The SMILES string of the molecule is O=C(O)C(=CCCC=C(NC(=O)c1ccccn1)C(=O)O)NC(=O)c1ccccn1. The average molecular weight is 410 g/mol. The smallest absolute Gasteiger partial charge is 0.352 e. The molecule has 10 heteroatoms. The van der Waals surface area contributed by atoms with E-state index in [1.54, 1.807) is 24.3 Å². The molecule has 10 nitrogen and oxygen atoms in total. The van der Waals surface area contributed by atoms with E-state index in [1.807, 2.05) is 0 Å². The van der Waals surface area contributed by atoms with Gasteiger partial charge in [0.15, 0.2) is 0 Å². The van der Waals surface area contributed by atoms with Crippen LogP contribution in [0, 0.1) is 0 Å². The molecule has 154 valence electrons. The summed E-state index contributed by atoms with van der Waals surface area (Å²) in [6.45, 7) is 0. The first kappa shape index (κ1) is 22.0. The van der Waals surface area contributed by atoms with Crippen molar-refractivity contribution in [1.82, 2.24) is 20.6 Å². The quantitative estimate of drug-likeness (QED) is 0.356. The number of allylic oxidation sites excluding steroid dienone is 2. The summed E-state index contributed by atoms with van der Waals surface area (Å²) in [4.78, 5) is 54.4. The molecule has 0 radical (unpaired) electrons. The molecule has 0 aliphatic carbocycles. The van der Waals surface area contributed by atoms with Gasteiger partial charge in [-0.1, -0.05) is 24.3 Å². The zero-order valence-corrected chi connectivity index (χ0v) is 15.6. The van der Waals surface area contributed by atoms with Crippen LogP contribution in [0.2, 0.25) is 0 Å². The number of hydrogen-bond acceptors (Lipinski definition) is 6. The van der Waals surface area contributed by atoms with Crippen LogP contribution in [0.4, 0.5) is 0 Å². The number of hydrogen-bond donors (Lipinski definition) is 4. The van der Waals surface area contributed by atoms with Crippen molar-refractivity contribution in [2.24, 2.45) is 0 Å². The summed E-state index contributed by atoms with van der Waals surface area (Å²) < 4.78 is 0. The number of carboxylic acid groups (broad SMARTS) is 2. The van der Waals surface area contributed by atoms with Gasteiger partial charge >= 0.3 is 11.9 Å². The first-order chi connectivity index (χ1) is 14.4. The number of unbranched alkanes of at least 4 members (excludes halogenated alkanes) is 1. The van der Waals surface area contributed by atoms with Gasteiger partial charge < -0.3 is 20.8 Å². The molecule has 0 spiro atoms. The third kappa shape index (κ3) is 6.68. The summed E-state index contributed by atoms with van der Waals surface area (Å²) >= 11 is 0. The van der Waals surface area contributed by atoms with E-state index in [0.717, 1.165) is 0 Å². The van der Waals surface area contributed by atoms with Crippen LogP contribution in [0.1, 0.15) is 33.8 Å². The van der Waals surface area contributed by atoms with Crippen molar-refractivity contribution in [2.75, 3.05) is 0 Å². The van der Waals surface area contributed by atoms with Gasteiger partial charge in [-0.3, -0.25) is 19.6 Å². The number of carbonyl (C=O) groups is 4. The van der Waals surface area contributed by atoms with Gasteiger partial charge in [0.2, 0.25) is 0 Å². The molecule has 0 fully saturated rings. The van der Waals surface area contributed by atoms with Gasteiger partial charge in [0.25, 0.3) is 11.8 Å². The largest absolute Gasteiger partial charge is 0.477 e. The van der Waals surface area contributed by atoms with Crippen LogP contribution >= 0.6 is 0 Å². The molecular weight excluding hydrogens is 392 g/mol. The zero-order valence-electron chi connectivity index (χ0n) is 15.6. The molecule has 0 aliphatic heterocycles. The highest BCUT2D eigenvalue weighted by Crippen LogP contribution is 2.04. The number of carbonyl (C=O) groups excluding carboxylic acids is 2. The van der Waals surface area contributed by atoms with Crippen molar-refractivity contribution in [3.8, 4) is 0 Å². The fraction of sp³-hybridized carbons (Fsp3) is 0.100. The molecule has 2 aromatic heterocycles. The van der Waals surface area contributed by atoms with E-state index in [0.29, 0.717) is 0 Å². The van der Waals surface area contributed by atoms with Crippen LogP contribution < -0.4 is 10.6 Å². The molecule has 0 atom stereocenters. The van der Waals surface area contributed by atoms with E-state index in [9.17, 15) is 29.4 Å². The lowest BCUT2D eigenvalue weighted by atomic mass is 10.2. The van der Waals surface area contributed by atoms with Crippen LogP contribution in [0.5, 0.6) is 0 Å². The third-order valence-corrected chi connectivity index (χ3v) is 3.62. The fourth-order valence-electron chi connectivity index (χ4n) is 2.21. The van der Waals surface area contributed by atoms with Crippen LogP contribution in [0.25, 0.3) is 0 Å². The molecule has 2 aromatic rings. The first-order valence-electron chi connectivity index (χ1n) is 8.70. The molecule has 0 unspecified atom stereocenters. The number of rotatable bonds is 9. The minimum Gasteiger partial charge on any atom is -0.477 e. The molecule has 4 N–H and O–H groups in total. The predicted octanol–water partition coefficient (Wildman–Crippen LogP) is 1.35. The number of carboxylic acids is 2. The van der Waals surface area contributed by atoms with Crippen molar-refractivity contribution >= 4 is 23.8 Å². The Bertz CT molecular complexity index is 905. The van der Waals surface area contributed by atoms with Gasteiger partial charge in [-0.05, 0) is 37.1 Å². The Labute approximate surface area is 171 Å². The van der Waals surface area contributed by atoms with Gasteiger partial charge in [-0.15, -0.1) is 0 Å². The second kappa shape index (κ2) is 10.9. The summed E-state index contributed by atoms with van der Waals surface area (Å²) in [6.07, 6.45) is 5.47. The number of nitrogens with zero attached hydrogens (tertiary/aromatic N) is 2. The van der Waals surface area contributed by atoms with E-state index in [4.69, 9.17) is 0 Å². The minimum atomic E-state index is -1.36. The highest BCUT2D eigenvalue weighted by atomic mass is 16.4. The fourth-order valence-corrected chi connectivity index (χ4v) is 2.21. The van der Waals surface area contributed by atoms with E-state index < -0.39 is 23.8 Å². The molecule has 0 aromatic carbocycles. The molecule has 0 aliphatic rings. The van der Waals surface area contributed by atoms with Gasteiger partial charge in [0.1, 0.15) is 22.8 Å². The van der Waals surface area contributed by atoms with Gasteiger partial charge in [-0.25, -0.2) is 9.59 Å². The van der Waals surface area contributed by atoms with E-state index in [-0.39, 0.29) is 35.6 Å². The van der Waals surface area contributed by atoms with Crippen LogP contribution in [0.3, 0.4) is 0 Å². The topological polar surface area (TPSA) is 159 Å². The van der Waals surface area contributed by atoms with E-state index in [2.05, 4.69) is 20.6 Å². The molecule has 0 saturated heterocycles. The molecule has 2 rings (SSSR count). The summed E-state index contributed by atoms with van der Waals surface area (Å²) in [5.74, 6) is -4.09. The Morgan fingerprint density at radius 3 is 1.43 bits per heavy atom. The van der Waals surface area contributed by atoms with E-state index in [1.165, 1.54) is 36.7 Å². The molecule has 2 amide bonds. The lowest BCUT2D eigenvalue weighted by Gasteiger charge is -2.06. The summed E-state index contributed by atoms with van der Waals surface area (Å²) in [7, 11) is 0. The summed E-state index contributed by atoms with van der Waals surface area (Å²) in [6, 6.07) is 9.27. The number of amides is 2. The van der Waals surface area contributed by atoms with Gasteiger partial charge in [0, 0.05) is 12.4 Å². The minimum absolute atomic E-state index is 0.0509. The maximum atomic E-state index is 12.0. The summed E-state index contributed by atoms with van der Waals surface area (Å²) in [5.41, 5.74) is -0.633. The Hall–Kier alpha value is -4.34. The molecule has 0 saturated carbocycles. The van der Waals surface area contributed by atoms with Crippen LogP contribution in [0.15, 0.2) is 72.3 Å². The number of nitrogens with one attached hydrogen (secondary N) is 2. The predicted molar refractivity (Wildman–Crippen MR) is 104 cm³/mol. The van der Waals surface area contributed by atoms with Crippen molar-refractivity contribution in [3.05, 3.63) is 83.7 Å². The van der Waals surface area contributed by atoms with Crippen molar-refractivity contribution in [3.63, 3.8) is 0 Å². The van der Waals surface area contributed by atoms with Gasteiger partial charge in [0.05, 0.1) is 0 Å². The summed E-state index contributed by atoms with van der Waals surface area (Å²) in [5, 5.41) is 23.0. The Morgan fingerprint density at radius 2 is 1.13 bits per heavy atom. The standard InChI is InChI=1S/C20H18N4O6/c25-17(13-7-3-5-11-21-13)23-15(19(27)28)9-1-2-10-16(20(29)30)24-18(26)14-8-4-6-12-22-14/h3-12H,1-2H2,(H,23,25)(H,24,26)(H,27,28)(H,29,30). The number of aliphatic carboxylic acids is 2. The first-order valence-corrected chi connectivity index (χ1v) is 8.70. The van der Waals surface area contributed by atoms with Crippen molar-refractivity contribution < 1.29 is 29.4 Å². The van der Waals surface area contributed by atoms with E-state index >= 15 is 0 Å².